The van der Waals surface area contributed by atoms with E-state index < -0.39 is 0 Å². The zero-order valence-corrected chi connectivity index (χ0v) is 9.82. The molecule has 0 bridgehead atoms. The summed E-state index contributed by atoms with van der Waals surface area (Å²) < 4.78 is 9.16. The van der Waals surface area contributed by atoms with E-state index in [4.69, 9.17) is 33.7 Å². The molecule has 5 heteroatoms. The van der Waals surface area contributed by atoms with Crippen LogP contribution >= 0.6 is 23.2 Å². The molecule has 0 spiro atoms. The molecule has 14 heavy (non-hydrogen) atoms. The van der Waals surface area contributed by atoms with E-state index in [1.807, 2.05) is 0 Å². The summed E-state index contributed by atoms with van der Waals surface area (Å²) in [6.07, 6.45) is 0. The first-order chi connectivity index (χ1) is 6.58. The van der Waals surface area contributed by atoms with Gasteiger partial charge >= 0.3 is 0 Å². The highest BCUT2D eigenvalue weighted by Crippen LogP contribution is 2.34. The maximum absolute atomic E-state index is 5.76. The van der Waals surface area contributed by atoms with Crippen LogP contribution in [0, 0.1) is 0 Å². The molecule has 0 aliphatic heterocycles. The fraction of sp³-hybridized carbons (Fsp3) is 0.333. The monoisotopic (exact) mass is 237 g/mol. The maximum atomic E-state index is 5.76. The van der Waals surface area contributed by atoms with Gasteiger partial charge in [-0.1, -0.05) is 23.2 Å². The maximum Gasteiger partial charge on any atom is 0.139 e. The summed E-state index contributed by atoms with van der Waals surface area (Å²) >= 11 is 11.4. The third-order valence-corrected chi connectivity index (χ3v) is 2.03. The van der Waals surface area contributed by atoms with Crippen molar-refractivity contribution in [3.05, 3.63) is 22.2 Å². The van der Waals surface area contributed by atoms with Crippen molar-refractivity contribution in [1.29, 1.82) is 0 Å². The molecule has 0 atom stereocenters. The fourth-order valence-corrected chi connectivity index (χ4v) is 1.15. The molecule has 1 aromatic carbocycles. The van der Waals surface area contributed by atoms with Crippen molar-refractivity contribution < 1.29 is 9.47 Å². The molecule has 80 valence electrons. The predicted octanol–water partition coefficient (Wildman–Crippen LogP) is 2.85. The number of rotatable bonds is 1. The topological polar surface area (TPSA) is 44.5 Å². The molecule has 0 aliphatic carbocycles. The zero-order chi connectivity index (χ0) is 11.1. The highest BCUT2D eigenvalue weighted by Gasteiger charge is 2.06. The minimum atomic E-state index is 0.354. The third-order valence-electron chi connectivity index (χ3n) is 1.31. The lowest BCUT2D eigenvalue weighted by molar-refractivity contribution is 0.277. The molecule has 2 N–H and O–H groups in total. The number of methoxy groups -OCH3 is 2. The van der Waals surface area contributed by atoms with Gasteiger partial charge in [0.25, 0.3) is 0 Å². The first-order valence-electron chi connectivity index (χ1n) is 3.76. The predicted molar refractivity (Wildman–Crippen MR) is 60.4 cm³/mol. The van der Waals surface area contributed by atoms with Crippen LogP contribution in [0.5, 0.6) is 5.75 Å². The average molecular weight is 238 g/mol. The van der Waals surface area contributed by atoms with Crippen LogP contribution in [0.25, 0.3) is 0 Å². The molecule has 0 amide bonds. The van der Waals surface area contributed by atoms with Crippen molar-refractivity contribution in [1.82, 2.24) is 0 Å². The Balaban J connectivity index is 0.000000500. The van der Waals surface area contributed by atoms with Crippen LogP contribution in [0.15, 0.2) is 12.1 Å². The van der Waals surface area contributed by atoms with Gasteiger partial charge < -0.3 is 15.2 Å². The van der Waals surface area contributed by atoms with Crippen LogP contribution in [0.1, 0.15) is 0 Å². The second kappa shape index (κ2) is 6.76. The minimum absolute atomic E-state index is 0.354. The largest absolute Gasteiger partial charge is 0.495 e. The van der Waals surface area contributed by atoms with Gasteiger partial charge in [0, 0.05) is 14.2 Å². The Kier molecular flexibility index (Phi) is 6.45. The summed E-state index contributed by atoms with van der Waals surface area (Å²) in [5.74, 6) is 0.536. The Labute approximate surface area is 93.7 Å². The van der Waals surface area contributed by atoms with Crippen molar-refractivity contribution in [3.63, 3.8) is 0 Å². The van der Waals surface area contributed by atoms with E-state index in [-0.39, 0.29) is 0 Å². The third kappa shape index (κ3) is 3.62. The van der Waals surface area contributed by atoms with Gasteiger partial charge in [-0.25, -0.2) is 0 Å². The lowest BCUT2D eigenvalue weighted by atomic mass is 10.3. The Morgan fingerprint density at radius 3 is 2.07 bits per heavy atom. The summed E-state index contributed by atoms with van der Waals surface area (Å²) in [5, 5.41) is 0.802. The quantitative estimate of drug-likeness (QED) is 0.765. The van der Waals surface area contributed by atoms with Gasteiger partial charge in [-0.2, -0.15) is 0 Å². The lowest BCUT2D eigenvalue weighted by Crippen LogP contribution is -1.91. The Hall–Kier alpha value is -0.640. The summed E-state index contributed by atoms with van der Waals surface area (Å²) in [5.41, 5.74) is 5.87. The number of ether oxygens (including phenoxy) is 2. The number of hydrogen-bond donors (Lipinski definition) is 1. The molecule has 0 fully saturated rings. The van der Waals surface area contributed by atoms with Crippen molar-refractivity contribution in [2.45, 2.75) is 0 Å². The van der Waals surface area contributed by atoms with E-state index in [0.29, 0.717) is 21.5 Å². The van der Waals surface area contributed by atoms with Gasteiger partial charge in [0.05, 0.1) is 17.8 Å². The molecule has 0 heterocycles. The SMILES string of the molecule is COC.COc1ccc(Cl)c(N)c1Cl. The van der Waals surface area contributed by atoms with E-state index in [1.54, 1.807) is 26.4 Å². The average Bonchev–Trinajstić information content (AvgIpc) is 2.16. The molecule has 1 aromatic rings. The van der Waals surface area contributed by atoms with Gasteiger partial charge in [-0.3, -0.25) is 0 Å². The first-order valence-corrected chi connectivity index (χ1v) is 4.51. The van der Waals surface area contributed by atoms with Crippen molar-refractivity contribution >= 4 is 28.9 Å². The Morgan fingerprint density at radius 1 is 1.14 bits per heavy atom. The fourth-order valence-electron chi connectivity index (χ4n) is 0.707. The number of anilines is 1. The molecule has 0 aromatic heterocycles. The summed E-state index contributed by atoms with van der Waals surface area (Å²) in [7, 11) is 4.77. The van der Waals surface area contributed by atoms with Crippen LogP contribution < -0.4 is 10.5 Å². The number of nitrogens with two attached hydrogens (primary N) is 1. The van der Waals surface area contributed by atoms with Gasteiger partial charge in [-0.15, -0.1) is 0 Å². The molecular weight excluding hydrogens is 225 g/mol. The van der Waals surface area contributed by atoms with E-state index in [2.05, 4.69) is 4.74 Å². The molecule has 0 unspecified atom stereocenters. The second-order valence-electron chi connectivity index (χ2n) is 2.39. The normalized spacial score (nSPS) is 8.93. The van der Waals surface area contributed by atoms with Gasteiger partial charge in [0.15, 0.2) is 0 Å². The van der Waals surface area contributed by atoms with Crippen LogP contribution in [0.2, 0.25) is 10.0 Å². The summed E-state index contributed by atoms with van der Waals surface area (Å²) in [6.45, 7) is 0. The van der Waals surface area contributed by atoms with Crippen molar-refractivity contribution in [3.8, 4) is 5.75 Å². The molecule has 0 aliphatic rings. The van der Waals surface area contributed by atoms with Gasteiger partial charge in [0.2, 0.25) is 0 Å². The van der Waals surface area contributed by atoms with Gasteiger partial charge in [0.1, 0.15) is 10.8 Å². The standard InChI is InChI=1S/C7H7Cl2NO.C2H6O/c1-11-5-3-2-4(8)7(10)6(5)9;1-3-2/h2-3H,10H2,1H3;1-2H3. The smallest absolute Gasteiger partial charge is 0.139 e. The Bertz CT molecular complexity index is 292. The minimum Gasteiger partial charge on any atom is -0.495 e. The number of hydrogen-bond acceptors (Lipinski definition) is 3. The molecule has 0 radical (unpaired) electrons. The van der Waals surface area contributed by atoms with Crippen LogP contribution in [-0.4, -0.2) is 21.3 Å². The van der Waals surface area contributed by atoms with E-state index in [1.165, 1.54) is 7.11 Å². The molecular formula is C9H13Cl2NO2. The number of nitrogen functional groups attached to an aromatic ring is 1. The summed E-state index contributed by atoms with van der Waals surface area (Å²) in [4.78, 5) is 0. The number of benzene rings is 1. The van der Waals surface area contributed by atoms with Crippen molar-refractivity contribution in [2.75, 3.05) is 27.1 Å². The molecule has 0 saturated carbocycles. The molecule has 1 rings (SSSR count). The number of halogens is 2. The van der Waals surface area contributed by atoms with Crippen LogP contribution in [0.3, 0.4) is 0 Å². The van der Waals surface area contributed by atoms with Crippen molar-refractivity contribution in [2.24, 2.45) is 0 Å². The first kappa shape index (κ1) is 13.4. The second-order valence-corrected chi connectivity index (χ2v) is 3.17. The highest BCUT2D eigenvalue weighted by molar-refractivity contribution is 6.39. The van der Waals surface area contributed by atoms with Gasteiger partial charge in [-0.05, 0) is 12.1 Å². The zero-order valence-electron chi connectivity index (χ0n) is 8.30. The lowest BCUT2D eigenvalue weighted by Gasteiger charge is -2.05. The molecule has 0 saturated heterocycles. The Morgan fingerprint density at radius 2 is 1.64 bits per heavy atom. The van der Waals surface area contributed by atoms with Crippen LogP contribution in [0.4, 0.5) is 5.69 Å². The highest BCUT2D eigenvalue weighted by atomic mass is 35.5. The summed E-state index contributed by atoms with van der Waals surface area (Å²) in [6, 6.07) is 3.31. The molecule has 3 nitrogen and oxygen atoms in total. The van der Waals surface area contributed by atoms with E-state index in [0.717, 1.165) is 0 Å². The van der Waals surface area contributed by atoms with E-state index >= 15 is 0 Å². The van der Waals surface area contributed by atoms with E-state index in [9.17, 15) is 0 Å². The van der Waals surface area contributed by atoms with Crippen LogP contribution in [-0.2, 0) is 4.74 Å².